The molecule has 6 heteroatoms. The van der Waals surface area contributed by atoms with E-state index in [1.165, 1.54) is 5.69 Å². The highest BCUT2D eigenvalue weighted by Gasteiger charge is 2.29. The summed E-state index contributed by atoms with van der Waals surface area (Å²) in [4.78, 5) is 2.46. The van der Waals surface area contributed by atoms with Crippen LogP contribution < -0.4 is 5.73 Å². The molecule has 2 heterocycles. The first-order valence-corrected chi connectivity index (χ1v) is 8.07. The second-order valence-electron chi connectivity index (χ2n) is 5.43. The Morgan fingerprint density at radius 1 is 1.50 bits per heavy atom. The number of rotatable bonds is 5. The predicted octanol–water partition coefficient (Wildman–Crippen LogP) is 1.68. The number of ether oxygens (including phenoxy) is 1. The molecule has 1 fully saturated rings. The van der Waals surface area contributed by atoms with Crippen LogP contribution in [-0.4, -0.2) is 47.0 Å². The minimum atomic E-state index is 0.348. The maximum Gasteiger partial charge on any atom is 0.0767 e. The van der Waals surface area contributed by atoms with Gasteiger partial charge in [-0.05, 0) is 35.2 Å². The number of halogens is 1. The van der Waals surface area contributed by atoms with E-state index in [4.69, 9.17) is 10.5 Å². The molecule has 2 atom stereocenters. The maximum absolute atomic E-state index is 5.94. The third-order valence-corrected chi connectivity index (χ3v) is 5.17. The third kappa shape index (κ3) is 3.24. The van der Waals surface area contributed by atoms with Crippen LogP contribution in [-0.2, 0) is 24.8 Å². The van der Waals surface area contributed by atoms with E-state index in [1.807, 2.05) is 11.7 Å². The van der Waals surface area contributed by atoms with Crippen molar-refractivity contribution in [1.82, 2.24) is 14.7 Å². The van der Waals surface area contributed by atoms with E-state index in [0.29, 0.717) is 18.7 Å². The molecule has 1 aliphatic rings. The highest BCUT2D eigenvalue weighted by atomic mass is 79.9. The Morgan fingerprint density at radius 3 is 2.80 bits per heavy atom. The fourth-order valence-corrected chi connectivity index (χ4v) is 3.66. The Balaban J connectivity index is 2.11. The van der Waals surface area contributed by atoms with E-state index in [-0.39, 0.29) is 0 Å². The van der Waals surface area contributed by atoms with Crippen molar-refractivity contribution in [3.63, 3.8) is 0 Å². The Hall–Kier alpha value is -0.430. The van der Waals surface area contributed by atoms with Gasteiger partial charge in [0, 0.05) is 39.8 Å². The van der Waals surface area contributed by atoms with Gasteiger partial charge in [-0.25, -0.2) is 0 Å². The van der Waals surface area contributed by atoms with Crippen molar-refractivity contribution in [1.29, 1.82) is 0 Å². The highest BCUT2D eigenvalue weighted by molar-refractivity contribution is 9.10. The van der Waals surface area contributed by atoms with Crippen molar-refractivity contribution in [2.75, 3.05) is 20.2 Å². The van der Waals surface area contributed by atoms with E-state index < -0.39 is 0 Å². The van der Waals surface area contributed by atoms with E-state index in [0.717, 1.165) is 42.5 Å². The largest absolute Gasteiger partial charge is 0.381 e. The smallest absolute Gasteiger partial charge is 0.0767 e. The van der Waals surface area contributed by atoms with Crippen LogP contribution in [0.1, 0.15) is 31.2 Å². The second kappa shape index (κ2) is 7.02. The molecule has 2 unspecified atom stereocenters. The summed E-state index contributed by atoms with van der Waals surface area (Å²) in [6.07, 6.45) is 3.38. The van der Waals surface area contributed by atoms with Gasteiger partial charge < -0.3 is 10.5 Å². The van der Waals surface area contributed by atoms with Gasteiger partial charge in [0.1, 0.15) is 0 Å². The van der Waals surface area contributed by atoms with E-state index in [2.05, 4.69) is 32.9 Å². The summed E-state index contributed by atoms with van der Waals surface area (Å²) < 4.78 is 8.61. The predicted molar refractivity (Wildman–Crippen MR) is 83.6 cm³/mol. The zero-order valence-corrected chi connectivity index (χ0v) is 14.2. The molecule has 0 aliphatic carbocycles. The van der Waals surface area contributed by atoms with Gasteiger partial charge >= 0.3 is 0 Å². The molecule has 0 radical (unpaired) electrons. The summed E-state index contributed by atoms with van der Waals surface area (Å²) in [5, 5.41) is 4.56. The van der Waals surface area contributed by atoms with Gasteiger partial charge in [0.25, 0.3) is 0 Å². The summed E-state index contributed by atoms with van der Waals surface area (Å²) in [5.41, 5.74) is 8.30. The molecule has 20 heavy (non-hydrogen) atoms. The minimum absolute atomic E-state index is 0.348. The lowest BCUT2D eigenvalue weighted by molar-refractivity contribution is 0.00934. The number of hydrogen-bond donors (Lipinski definition) is 1. The molecule has 0 spiro atoms. The van der Waals surface area contributed by atoms with Gasteiger partial charge in [-0.2, -0.15) is 5.10 Å². The fraction of sp³-hybridized carbons (Fsp3) is 0.786. The second-order valence-corrected chi connectivity index (χ2v) is 6.22. The van der Waals surface area contributed by atoms with Crippen LogP contribution in [0.4, 0.5) is 0 Å². The van der Waals surface area contributed by atoms with Crippen LogP contribution in [0, 0.1) is 0 Å². The average Bonchev–Trinajstić information content (AvgIpc) is 2.74. The Kier molecular flexibility index (Phi) is 5.60. The van der Waals surface area contributed by atoms with E-state index in [9.17, 15) is 0 Å². The molecule has 5 nitrogen and oxygen atoms in total. The zero-order valence-electron chi connectivity index (χ0n) is 12.6. The lowest BCUT2D eigenvalue weighted by Gasteiger charge is -2.38. The van der Waals surface area contributed by atoms with E-state index >= 15 is 0 Å². The topological polar surface area (TPSA) is 56.3 Å². The fourth-order valence-electron chi connectivity index (χ4n) is 2.91. The average molecular weight is 345 g/mol. The molecular weight excluding hydrogens is 320 g/mol. The maximum atomic E-state index is 5.94. The van der Waals surface area contributed by atoms with Crippen LogP contribution in [0.5, 0.6) is 0 Å². The van der Waals surface area contributed by atoms with Gasteiger partial charge in [-0.1, -0.05) is 6.92 Å². The van der Waals surface area contributed by atoms with Gasteiger partial charge in [0.05, 0.1) is 22.0 Å². The van der Waals surface area contributed by atoms with Crippen molar-refractivity contribution in [2.24, 2.45) is 12.8 Å². The molecule has 1 aromatic heterocycles. The summed E-state index contributed by atoms with van der Waals surface area (Å²) in [7, 11) is 3.80. The number of likely N-dealkylation sites (tertiary alicyclic amines) is 1. The standard InChI is InChI=1S/C14H25BrN4O/c1-4-12-14(15)13(18(2)17-12)9-19-6-5-11(20-3)7-10(19)8-16/h10-11H,4-9,16H2,1-3H3. The van der Waals surface area contributed by atoms with Gasteiger partial charge in [0.2, 0.25) is 0 Å². The number of nitrogens with two attached hydrogens (primary N) is 1. The SMILES string of the molecule is CCc1nn(C)c(CN2CCC(OC)CC2CN)c1Br. The lowest BCUT2D eigenvalue weighted by atomic mass is 9.99. The van der Waals surface area contributed by atoms with Crippen LogP contribution >= 0.6 is 15.9 Å². The van der Waals surface area contributed by atoms with Crippen LogP contribution in [0.25, 0.3) is 0 Å². The molecule has 114 valence electrons. The molecule has 2 rings (SSSR count). The minimum Gasteiger partial charge on any atom is -0.381 e. The molecular formula is C14H25BrN4O. The van der Waals surface area contributed by atoms with Crippen LogP contribution in [0.15, 0.2) is 4.47 Å². The summed E-state index contributed by atoms with van der Waals surface area (Å²) in [6.45, 7) is 4.72. The molecule has 1 aromatic rings. The van der Waals surface area contributed by atoms with Gasteiger partial charge in [0.15, 0.2) is 0 Å². The molecule has 1 aliphatic heterocycles. The number of methoxy groups -OCH3 is 1. The molecule has 2 N–H and O–H groups in total. The van der Waals surface area contributed by atoms with E-state index in [1.54, 1.807) is 7.11 Å². The van der Waals surface area contributed by atoms with Crippen LogP contribution in [0.3, 0.4) is 0 Å². The monoisotopic (exact) mass is 344 g/mol. The van der Waals surface area contributed by atoms with Gasteiger partial charge in [-0.3, -0.25) is 9.58 Å². The van der Waals surface area contributed by atoms with Crippen molar-refractivity contribution < 1.29 is 4.74 Å². The molecule has 0 amide bonds. The van der Waals surface area contributed by atoms with Crippen molar-refractivity contribution in [3.05, 3.63) is 15.9 Å². The Bertz CT molecular complexity index is 449. The zero-order chi connectivity index (χ0) is 14.7. The quantitative estimate of drug-likeness (QED) is 0.882. The first kappa shape index (κ1) is 15.9. The molecule has 0 bridgehead atoms. The number of hydrogen-bond acceptors (Lipinski definition) is 4. The summed E-state index contributed by atoms with van der Waals surface area (Å²) in [5.74, 6) is 0. The number of aromatic nitrogens is 2. The first-order valence-electron chi connectivity index (χ1n) is 7.27. The molecule has 0 aromatic carbocycles. The Morgan fingerprint density at radius 2 is 2.25 bits per heavy atom. The lowest BCUT2D eigenvalue weighted by Crippen LogP contribution is -2.48. The summed E-state index contributed by atoms with van der Waals surface area (Å²) >= 11 is 3.69. The number of piperidine rings is 1. The Labute approximate surface area is 129 Å². The van der Waals surface area contributed by atoms with Crippen molar-refractivity contribution in [2.45, 2.75) is 44.9 Å². The highest BCUT2D eigenvalue weighted by Crippen LogP contribution is 2.26. The van der Waals surface area contributed by atoms with Crippen molar-refractivity contribution >= 4 is 15.9 Å². The normalized spacial score (nSPS) is 24.2. The van der Waals surface area contributed by atoms with Crippen molar-refractivity contribution in [3.8, 4) is 0 Å². The molecule has 0 saturated carbocycles. The summed E-state index contributed by atoms with van der Waals surface area (Å²) in [6, 6.07) is 0.389. The number of nitrogens with zero attached hydrogens (tertiary/aromatic N) is 3. The third-order valence-electron chi connectivity index (χ3n) is 4.25. The van der Waals surface area contributed by atoms with Gasteiger partial charge in [-0.15, -0.1) is 0 Å². The first-order chi connectivity index (χ1) is 9.60. The molecule has 1 saturated heterocycles. The number of aryl methyl sites for hydroxylation is 2. The van der Waals surface area contributed by atoms with Crippen LogP contribution in [0.2, 0.25) is 0 Å².